The molecule has 1 rings (SSSR count). The molecule has 13 heavy (non-hydrogen) atoms. The highest BCUT2D eigenvalue weighted by atomic mass is 79.9. The summed E-state index contributed by atoms with van der Waals surface area (Å²) in [5.41, 5.74) is 0.476. The van der Waals surface area contributed by atoms with Gasteiger partial charge in [0.15, 0.2) is 0 Å². The van der Waals surface area contributed by atoms with Gasteiger partial charge in [0.25, 0.3) is 0 Å². The molecule has 0 radical (unpaired) electrons. The summed E-state index contributed by atoms with van der Waals surface area (Å²) in [5, 5.41) is 8.94. The van der Waals surface area contributed by atoms with Crippen molar-refractivity contribution in [3.05, 3.63) is 40.1 Å². The lowest BCUT2D eigenvalue weighted by Gasteiger charge is -1.98. The first-order valence-electron chi connectivity index (χ1n) is 3.91. The van der Waals surface area contributed by atoms with Crippen LogP contribution in [0.25, 0.3) is 6.08 Å². The van der Waals surface area contributed by atoms with Gasteiger partial charge >= 0.3 is 0 Å². The van der Waals surface area contributed by atoms with Crippen LogP contribution in [0.4, 0.5) is 4.39 Å². The number of aliphatic hydroxyl groups is 1. The first-order valence-corrected chi connectivity index (χ1v) is 4.70. The minimum atomic E-state index is -0.553. The average molecular weight is 245 g/mol. The topological polar surface area (TPSA) is 20.2 Å². The summed E-state index contributed by atoms with van der Waals surface area (Å²) in [6, 6.07) is 4.80. The van der Waals surface area contributed by atoms with Gasteiger partial charge < -0.3 is 5.11 Å². The fourth-order valence-electron chi connectivity index (χ4n) is 0.880. The minimum Gasteiger partial charge on any atom is -0.389 e. The predicted octanol–water partition coefficient (Wildman–Crippen LogP) is 2.98. The minimum absolute atomic E-state index is 0.300. The van der Waals surface area contributed by atoms with Crippen LogP contribution in [-0.2, 0) is 0 Å². The highest BCUT2D eigenvalue weighted by molar-refractivity contribution is 9.10. The van der Waals surface area contributed by atoms with E-state index in [0.717, 1.165) is 0 Å². The molecule has 1 unspecified atom stereocenters. The van der Waals surface area contributed by atoms with E-state index in [-0.39, 0.29) is 5.82 Å². The second-order valence-corrected chi connectivity index (χ2v) is 3.68. The van der Waals surface area contributed by atoms with Gasteiger partial charge in [-0.3, -0.25) is 0 Å². The predicted molar refractivity (Wildman–Crippen MR) is 54.8 cm³/mol. The Morgan fingerprint density at radius 3 is 2.77 bits per heavy atom. The van der Waals surface area contributed by atoms with Crippen LogP contribution < -0.4 is 0 Å². The number of hydrogen-bond donors (Lipinski definition) is 1. The molecule has 1 N–H and O–H groups in total. The van der Waals surface area contributed by atoms with Crippen LogP contribution in [0.5, 0.6) is 0 Å². The van der Waals surface area contributed by atoms with Crippen molar-refractivity contribution < 1.29 is 9.50 Å². The van der Waals surface area contributed by atoms with Crippen LogP contribution >= 0.6 is 15.9 Å². The fourth-order valence-corrected chi connectivity index (χ4v) is 1.21. The van der Waals surface area contributed by atoms with Crippen molar-refractivity contribution in [1.29, 1.82) is 0 Å². The number of aliphatic hydroxyl groups excluding tert-OH is 1. The van der Waals surface area contributed by atoms with Crippen LogP contribution in [0, 0.1) is 5.82 Å². The molecule has 0 aromatic heterocycles. The summed E-state index contributed by atoms with van der Waals surface area (Å²) in [4.78, 5) is 0. The molecule has 1 aromatic carbocycles. The summed E-state index contributed by atoms with van der Waals surface area (Å²) in [7, 11) is 0. The number of hydrogen-bond acceptors (Lipinski definition) is 1. The largest absolute Gasteiger partial charge is 0.389 e. The van der Waals surface area contributed by atoms with Crippen molar-refractivity contribution in [2.24, 2.45) is 0 Å². The second-order valence-electron chi connectivity index (χ2n) is 2.77. The zero-order valence-corrected chi connectivity index (χ0v) is 8.75. The Morgan fingerprint density at radius 1 is 1.54 bits per heavy atom. The molecule has 0 spiro atoms. The first kappa shape index (κ1) is 10.4. The van der Waals surface area contributed by atoms with E-state index >= 15 is 0 Å². The first-order chi connectivity index (χ1) is 6.09. The van der Waals surface area contributed by atoms with E-state index in [4.69, 9.17) is 5.11 Å². The lowest BCUT2D eigenvalue weighted by Crippen LogP contribution is -1.92. The van der Waals surface area contributed by atoms with Gasteiger partial charge in [0.2, 0.25) is 0 Å². The Kier molecular flexibility index (Phi) is 3.63. The summed E-state index contributed by atoms with van der Waals surface area (Å²) in [5.74, 6) is -0.300. The Balaban J connectivity index is 2.90. The van der Waals surface area contributed by atoms with E-state index < -0.39 is 6.10 Å². The van der Waals surface area contributed by atoms with E-state index in [2.05, 4.69) is 15.9 Å². The lowest BCUT2D eigenvalue weighted by atomic mass is 10.2. The molecule has 0 aliphatic rings. The molecule has 0 saturated carbocycles. The van der Waals surface area contributed by atoms with E-state index in [1.54, 1.807) is 25.1 Å². The maximum Gasteiger partial charge on any atom is 0.131 e. The van der Waals surface area contributed by atoms with Crippen LogP contribution in [0.2, 0.25) is 0 Å². The van der Waals surface area contributed by atoms with Crippen molar-refractivity contribution in [3.63, 3.8) is 0 Å². The molecule has 0 aliphatic carbocycles. The van der Waals surface area contributed by atoms with E-state index in [9.17, 15) is 4.39 Å². The summed E-state index contributed by atoms with van der Waals surface area (Å²) < 4.78 is 13.8. The molecule has 1 nitrogen and oxygen atoms in total. The molecule has 0 amide bonds. The maximum atomic E-state index is 13.1. The van der Waals surface area contributed by atoms with Gasteiger partial charge in [-0.05, 0) is 19.1 Å². The van der Waals surface area contributed by atoms with Crippen LogP contribution in [0.3, 0.4) is 0 Å². The zero-order valence-electron chi connectivity index (χ0n) is 7.17. The van der Waals surface area contributed by atoms with Crippen molar-refractivity contribution >= 4 is 22.0 Å². The van der Waals surface area contributed by atoms with Gasteiger partial charge in [-0.25, -0.2) is 4.39 Å². The van der Waals surface area contributed by atoms with Crippen molar-refractivity contribution in [3.8, 4) is 0 Å². The molecule has 0 fully saturated rings. The fraction of sp³-hybridized carbons (Fsp3) is 0.200. The lowest BCUT2D eigenvalue weighted by molar-refractivity contribution is 0.245. The molecule has 3 heteroatoms. The van der Waals surface area contributed by atoms with Crippen molar-refractivity contribution in [2.45, 2.75) is 13.0 Å². The number of benzene rings is 1. The highest BCUT2D eigenvalue weighted by Gasteiger charge is 1.98. The van der Waals surface area contributed by atoms with Crippen LogP contribution in [-0.4, -0.2) is 11.2 Å². The van der Waals surface area contributed by atoms with Crippen LogP contribution in [0.1, 0.15) is 12.5 Å². The van der Waals surface area contributed by atoms with Gasteiger partial charge in [-0.2, -0.15) is 0 Å². The van der Waals surface area contributed by atoms with Gasteiger partial charge in [0, 0.05) is 10.0 Å². The van der Waals surface area contributed by atoms with E-state index in [0.29, 0.717) is 10.0 Å². The standard InChI is InChI=1S/C10H10BrFO/c1-7(13)2-3-8-4-5-9(11)6-10(8)12/h2-7,13H,1H3/b3-2+. The molecular weight excluding hydrogens is 235 g/mol. The van der Waals surface area contributed by atoms with Crippen molar-refractivity contribution in [2.75, 3.05) is 0 Å². The average Bonchev–Trinajstić information content (AvgIpc) is 2.02. The normalized spacial score (nSPS) is 13.5. The Hall–Kier alpha value is -0.670. The third-order valence-electron chi connectivity index (χ3n) is 1.52. The van der Waals surface area contributed by atoms with Crippen LogP contribution in [0.15, 0.2) is 28.7 Å². The molecule has 1 atom stereocenters. The van der Waals surface area contributed by atoms with Gasteiger partial charge in [-0.15, -0.1) is 0 Å². The number of rotatable bonds is 2. The molecule has 1 aromatic rings. The summed E-state index contributed by atoms with van der Waals surface area (Å²) in [6.07, 6.45) is 2.54. The molecule has 70 valence electrons. The quantitative estimate of drug-likeness (QED) is 0.849. The van der Waals surface area contributed by atoms with E-state index in [1.165, 1.54) is 12.1 Å². The number of halogens is 2. The molecular formula is C10H10BrFO. The zero-order chi connectivity index (χ0) is 9.84. The van der Waals surface area contributed by atoms with Gasteiger partial charge in [-0.1, -0.05) is 34.1 Å². The van der Waals surface area contributed by atoms with Gasteiger partial charge in [0.05, 0.1) is 6.10 Å². The second kappa shape index (κ2) is 4.53. The third kappa shape index (κ3) is 3.28. The Morgan fingerprint density at radius 2 is 2.23 bits per heavy atom. The third-order valence-corrected chi connectivity index (χ3v) is 2.01. The maximum absolute atomic E-state index is 13.1. The van der Waals surface area contributed by atoms with Crippen molar-refractivity contribution in [1.82, 2.24) is 0 Å². The Bertz CT molecular complexity index is 321. The molecule has 0 aliphatic heterocycles. The molecule has 0 bridgehead atoms. The highest BCUT2D eigenvalue weighted by Crippen LogP contribution is 2.16. The van der Waals surface area contributed by atoms with E-state index in [1.807, 2.05) is 0 Å². The smallest absolute Gasteiger partial charge is 0.131 e. The molecule has 0 saturated heterocycles. The Labute approximate surface area is 85.0 Å². The molecule has 0 heterocycles. The SMILES string of the molecule is CC(O)/C=C/c1ccc(Br)cc1F. The summed E-state index contributed by atoms with van der Waals surface area (Å²) in [6.45, 7) is 1.62. The summed E-state index contributed by atoms with van der Waals surface area (Å²) >= 11 is 3.16. The monoisotopic (exact) mass is 244 g/mol. The van der Waals surface area contributed by atoms with Gasteiger partial charge in [0.1, 0.15) is 5.82 Å².